The van der Waals surface area contributed by atoms with Crippen LogP contribution in [0.15, 0.2) is 56.5 Å². The number of para-hydroxylation sites is 2. The molecule has 10 nitrogen and oxygen atoms in total. The fourth-order valence-electron chi connectivity index (χ4n) is 2.75. The number of ether oxygens (including phenoxy) is 4. The maximum atomic E-state index is 5.73. The zero-order valence-electron chi connectivity index (χ0n) is 17.6. The van der Waals surface area contributed by atoms with E-state index in [1.807, 2.05) is 24.3 Å². The SMILES string of the molecule is COc1ccc(-c2nnc(CSc3nnc(COc4ccccc4OC)o3)o2)cc1OC. The van der Waals surface area contributed by atoms with Crippen LogP contribution in [0.5, 0.6) is 23.0 Å². The van der Waals surface area contributed by atoms with Crippen molar-refractivity contribution in [1.29, 1.82) is 0 Å². The number of thioether (sulfide) groups is 1. The summed E-state index contributed by atoms with van der Waals surface area (Å²) in [5.74, 6) is 3.92. The molecule has 2 heterocycles. The fraction of sp³-hybridized carbons (Fsp3) is 0.238. The highest BCUT2D eigenvalue weighted by atomic mass is 32.2. The molecule has 2 aromatic heterocycles. The lowest BCUT2D eigenvalue weighted by Gasteiger charge is -2.07. The number of hydrogen-bond donors (Lipinski definition) is 0. The van der Waals surface area contributed by atoms with E-state index in [0.717, 1.165) is 5.56 Å². The van der Waals surface area contributed by atoms with Crippen molar-refractivity contribution >= 4 is 11.8 Å². The van der Waals surface area contributed by atoms with Crippen LogP contribution in [-0.2, 0) is 12.4 Å². The second-order valence-electron chi connectivity index (χ2n) is 6.26. The van der Waals surface area contributed by atoms with E-state index in [1.165, 1.54) is 11.8 Å². The molecule has 11 heteroatoms. The Hall–Kier alpha value is -3.73. The number of benzene rings is 2. The molecule has 0 spiro atoms. The first kappa shape index (κ1) is 21.5. The van der Waals surface area contributed by atoms with Gasteiger partial charge in [-0.1, -0.05) is 23.9 Å². The quantitative estimate of drug-likeness (QED) is 0.322. The average Bonchev–Trinajstić information content (AvgIpc) is 3.50. The van der Waals surface area contributed by atoms with Crippen molar-refractivity contribution in [2.45, 2.75) is 17.6 Å². The van der Waals surface area contributed by atoms with Gasteiger partial charge in [-0.3, -0.25) is 0 Å². The molecule has 0 aliphatic rings. The van der Waals surface area contributed by atoms with Gasteiger partial charge in [0.1, 0.15) is 0 Å². The highest BCUT2D eigenvalue weighted by Gasteiger charge is 2.14. The zero-order chi connectivity index (χ0) is 22.3. The van der Waals surface area contributed by atoms with Crippen LogP contribution in [0.25, 0.3) is 11.5 Å². The number of methoxy groups -OCH3 is 3. The van der Waals surface area contributed by atoms with Crippen LogP contribution in [-0.4, -0.2) is 41.7 Å². The van der Waals surface area contributed by atoms with Gasteiger partial charge in [0.05, 0.1) is 27.1 Å². The van der Waals surface area contributed by atoms with Crippen LogP contribution in [0.4, 0.5) is 0 Å². The summed E-state index contributed by atoms with van der Waals surface area (Å²) in [6.45, 7) is 0.123. The molecule has 0 saturated carbocycles. The first-order valence-corrected chi connectivity index (χ1v) is 10.4. The summed E-state index contributed by atoms with van der Waals surface area (Å²) in [5.41, 5.74) is 0.722. The van der Waals surface area contributed by atoms with Gasteiger partial charge in [0.25, 0.3) is 11.1 Å². The number of rotatable bonds is 10. The number of nitrogens with zero attached hydrogens (tertiary/aromatic N) is 4. The molecule has 0 N–H and O–H groups in total. The van der Waals surface area contributed by atoms with Crippen molar-refractivity contribution < 1.29 is 27.8 Å². The predicted molar refractivity (Wildman–Crippen MR) is 114 cm³/mol. The van der Waals surface area contributed by atoms with E-state index in [-0.39, 0.29) is 6.61 Å². The Morgan fingerprint density at radius 1 is 0.750 bits per heavy atom. The van der Waals surface area contributed by atoms with E-state index in [4.69, 9.17) is 27.8 Å². The molecule has 0 radical (unpaired) electrons. The molecule has 2 aromatic carbocycles. The van der Waals surface area contributed by atoms with Gasteiger partial charge in [-0.25, -0.2) is 0 Å². The third-order valence-electron chi connectivity index (χ3n) is 4.28. The maximum Gasteiger partial charge on any atom is 0.277 e. The van der Waals surface area contributed by atoms with Gasteiger partial charge in [-0.2, -0.15) is 0 Å². The van der Waals surface area contributed by atoms with Crippen molar-refractivity contribution in [3.8, 4) is 34.5 Å². The van der Waals surface area contributed by atoms with Gasteiger partial charge in [-0.15, -0.1) is 20.4 Å². The molecule has 0 aliphatic carbocycles. The van der Waals surface area contributed by atoms with E-state index in [9.17, 15) is 0 Å². The third-order valence-corrected chi connectivity index (χ3v) is 5.09. The predicted octanol–water partition coefficient (Wildman–Crippen LogP) is 4.02. The third kappa shape index (κ3) is 4.94. The molecule has 0 unspecified atom stereocenters. The summed E-state index contributed by atoms with van der Waals surface area (Å²) in [6.07, 6.45) is 0. The molecule has 0 fully saturated rings. The van der Waals surface area contributed by atoms with Gasteiger partial charge in [-0.05, 0) is 30.3 Å². The smallest absolute Gasteiger partial charge is 0.277 e. The van der Waals surface area contributed by atoms with Gasteiger partial charge in [0.15, 0.2) is 29.6 Å². The average molecular weight is 456 g/mol. The second kappa shape index (κ2) is 10.1. The van der Waals surface area contributed by atoms with E-state index in [2.05, 4.69) is 20.4 Å². The van der Waals surface area contributed by atoms with Crippen LogP contribution in [0, 0.1) is 0 Å². The summed E-state index contributed by atoms with van der Waals surface area (Å²) >= 11 is 1.28. The van der Waals surface area contributed by atoms with Crippen LogP contribution in [0.1, 0.15) is 11.8 Å². The summed E-state index contributed by atoms with van der Waals surface area (Å²) in [4.78, 5) is 0. The summed E-state index contributed by atoms with van der Waals surface area (Å²) in [6, 6.07) is 12.7. The minimum atomic E-state index is 0.123. The van der Waals surface area contributed by atoms with Crippen molar-refractivity contribution in [3.05, 3.63) is 54.2 Å². The lowest BCUT2D eigenvalue weighted by atomic mass is 10.2. The zero-order valence-corrected chi connectivity index (χ0v) is 18.4. The Morgan fingerprint density at radius 2 is 1.47 bits per heavy atom. The molecule has 32 heavy (non-hydrogen) atoms. The molecular formula is C21H20N4O6S. The lowest BCUT2D eigenvalue weighted by Crippen LogP contribution is -1.97. The van der Waals surface area contributed by atoms with E-state index >= 15 is 0 Å². The highest BCUT2D eigenvalue weighted by Crippen LogP contribution is 2.32. The molecule has 0 aliphatic heterocycles. The molecule has 0 saturated heterocycles. The lowest BCUT2D eigenvalue weighted by molar-refractivity contribution is 0.241. The Labute approximate surface area is 187 Å². The first-order valence-electron chi connectivity index (χ1n) is 9.46. The summed E-state index contributed by atoms with van der Waals surface area (Å²) in [5, 5.41) is 16.5. The van der Waals surface area contributed by atoms with E-state index in [0.29, 0.717) is 51.6 Å². The van der Waals surface area contributed by atoms with Gasteiger partial charge < -0.3 is 27.8 Å². The molecule has 166 valence electrons. The molecule has 4 rings (SSSR count). The Morgan fingerprint density at radius 3 is 2.25 bits per heavy atom. The van der Waals surface area contributed by atoms with Crippen LogP contribution >= 0.6 is 11.8 Å². The number of hydrogen-bond acceptors (Lipinski definition) is 11. The number of aromatic nitrogens is 4. The van der Waals surface area contributed by atoms with Gasteiger partial charge in [0, 0.05) is 5.56 Å². The summed E-state index contributed by atoms with van der Waals surface area (Å²) in [7, 11) is 4.72. The Kier molecular flexibility index (Phi) is 6.75. The normalized spacial score (nSPS) is 10.7. The van der Waals surface area contributed by atoms with Crippen LogP contribution in [0.3, 0.4) is 0 Å². The standard InChI is InChI=1S/C21H20N4O6S/c1-26-14-6-4-5-7-16(14)29-11-18-22-25-21(31-18)32-12-19-23-24-20(30-19)13-8-9-15(27-2)17(10-13)28-3/h4-10H,11-12H2,1-3H3. The van der Waals surface area contributed by atoms with Crippen molar-refractivity contribution in [3.63, 3.8) is 0 Å². The molecule has 0 amide bonds. The molecular weight excluding hydrogens is 436 g/mol. The Balaban J connectivity index is 1.34. The topological polar surface area (TPSA) is 115 Å². The van der Waals surface area contributed by atoms with E-state index in [1.54, 1.807) is 39.5 Å². The minimum absolute atomic E-state index is 0.123. The summed E-state index contributed by atoms with van der Waals surface area (Å²) < 4.78 is 32.8. The van der Waals surface area contributed by atoms with E-state index < -0.39 is 0 Å². The molecule has 0 bridgehead atoms. The second-order valence-corrected chi connectivity index (χ2v) is 7.19. The first-order chi connectivity index (χ1) is 15.7. The molecule has 0 atom stereocenters. The van der Waals surface area contributed by atoms with Crippen LogP contribution < -0.4 is 18.9 Å². The largest absolute Gasteiger partial charge is 0.493 e. The highest BCUT2D eigenvalue weighted by molar-refractivity contribution is 7.98. The van der Waals surface area contributed by atoms with Crippen molar-refractivity contribution in [2.75, 3.05) is 21.3 Å². The molecule has 4 aromatic rings. The minimum Gasteiger partial charge on any atom is -0.493 e. The van der Waals surface area contributed by atoms with Crippen molar-refractivity contribution in [2.24, 2.45) is 0 Å². The fourth-order valence-corrected chi connectivity index (χ4v) is 3.37. The van der Waals surface area contributed by atoms with Gasteiger partial charge >= 0.3 is 0 Å². The van der Waals surface area contributed by atoms with Crippen molar-refractivity contribution in [1.82, 2.24) is 20.4 Å². The van der Waals surface area contributed by atoms with Crippen LogP contribution in [0.2, 0.25) is 0 Å². The Bertz CT molecular complexity index is 1180. The van der Waals surface area contributed by atoms with Gasteiger partial charge in [0.2, 0.25) is 11.8 Å². The monoisotopic (exact) mass is 456 g/mol. The maximum absolute atomic E-state index is 5.73.